The monoisotopic (exact) mass is 391 g/mol. The van der Waals surface area contributed by atoms with E-state index in [0.717, 1.165) is 17.1 Å². The number of thiazole rings is 1. The minimum Gasteiger partial charge on any atom is -0.346 e. The van der Waals surface area contributed by atoms with E-state index in [4.69, 9.17) is 0 Å². The first-order valence-corrected chi connectivity index (χ1v) is 9.79. The number of fused-ring (bicyclic) bond motifs is 1. The van der Waals surface area contributed by atoms with Crippen molar-refractivity contribution in [3.05, 3.63) is 93.3 Å². The highest BCUT2D eigenvalue weighted by atomic mass is 32.1. The average Bonchev–Trinajstić information content (AvgIpc) is 3.14. The van der Waals surface area contributed by atoms with Crippen LogP contribution in [0.3, 0.4) is 0 Å². The highest BCUT2D eigenvalue weighted by molar-refractivity contribution is 7.09. The Morgan fingerprint density at radius 1 is 1.11 bits per heavy atom. The quantitative estimate of drug-likeness (QED) is 0.538. The number of amides is 1. The van der Waals surface area contributed by atoms with E-state index >= 15 is 0 Å². The first kappa shape index (κ1) is 18.3. The molecule has 0 spiro atoms. The zero-order valence-electron chi connectivity index (χ0n) is 15.3. The summed E-state index contributed by atoms with van der Waals surface area (Å²) in [6.45, 7) is 2.14. The molecule has 1 N–H and O–H groups in total. The predicted octanol–water partition coefficient (Wildman–Crippen LogP) is 4.66. The third-order valence-electron chi connectivity index (χ3n) is 4.37. The molecular weight excluding hydrogens is 373 g/mol. The van der Waals surface area contributed by atoms with Gasteiger partial charge in [0.1, 0.15) is 5.82 Å². The number of rotatable bonds is 5. The summed E-state index contributed by atoms with van der Waals surface area (Å²) in [5.41, 5.74) is 3.74. The van der Waals surface area contributed by atoms with Gasteiger partial charge in [0.25, 0.3) is 5.91 Å². The van der Waals surface area contributed by atoms with Gasteiger partial charge >= 0.3 is 0 Å². The number of halogens is 1. The molecule has 2 heterocycles. The van der Waals surface area contributed by atoms with Crippen LogP contribution in [0, 0.1) is 12.7 Å². The Labute approximate surface area is 166 Å². The van der Waals surface area contributed by atoms with Gasteiger partial charge in [0.15, 0.2) is 0 Å². The van der Waals surface area contributed by atoms with Crippen LogP contribution in [0.5, 0.6) is 0 Å². The van der Waals surface area contributed by atoms with Crippen LogP contribution in [0.15, 0.2) is 60.0 Å². The molecule has 0 unspecified atom stereocenters. The summed E-state index contributed by atoms with van der Waals surface area (Å²) in [6.07, 6.45) is 0.771. The number of aromatic nitrogens is 2. The lowest BCUT2D eigenvalue weighted by molar-refractivity contribution is 0.0952. The van der Waals surface area contributed by atoms with Crippen molar-refractivity contribution in [2.45, 2.75) is 19.9 Å². The Hall–Kier alpha value is -3.12. The van der Waals surface area contributed by atoms with E-state index in [2.05, 4.69) is 27.4 Å². The van der Waals surface area contributed by atoms with Gasteiger partial charge in [-0.1, -0.05) is 30.3 Å². The summed E-state index contributed by atoms with van der Waals surface area (Å²) in [6, 6.07) is 16.1. The molecule has 140 valence electrons. The Kier molecular flexibility index (Phi) is 5.12. The molecule has 0 fully saturated rings. The van der Waals surface area contributed by atoms with Gasteiger partial charge in [0.05, 0.1) is 28.3 Å². The number of pyridine rings is 1. The molecule has 0 bridgehead atoms. The van der Waals surface area contributed by atoms with Crippen LogP contribution < -0.4 is 5.32 Å². The SMILES string of the molecule is Cc1cc(C(=O)NCc2csc(Cc3ccccc3)n2)c2cc(F)ccc2n1. The first-order valence-electron chi connectivity index (χ1n) is 8.91. The van der Waals surface area contributed by atoms with Gasteiger partial charge in [-0.25, -0.2) is 9.37 Å². The molecule has 4 rings (SSSR count). The number of hydrogen-bond acceptors (Lipinski definition) is 4. The van der Waals surface area contributed by atoms with E-state index in [1.807, 2.05) is 30.5 Å². The lowest BCUT2D eigenvalue weighted by Crippen LogP contribution is -2.23. The van der Waals surface area contributed by atoms with Crippen molar-refractivity contribution in [1.82, 2.24) is 15.3 Å². The highest BCUT2D eigenvalue weighted by Gasteiger charge is 2.13. The van der Waals surface area contributed by atoms with Crippen molar-refractivity contribution >= 4 is 28.1 Å². The average molecular weight is 391 g/mol. The van der Waals surface area contributed by atoms with Crippen LogP contribution in [0.1, 0.15) is 32.3 Å². The van der Waals surface area contributed by atoms with Crippen LogP contribution in [0.4, 0.5) is 4.39 Å². The van der Waals surface area contributed by atoms with Crippen molar-refractivity contribution in [3.63, 3.8) is 0 Å². The number of nitrogens with one attached hydrogen (secondary N) is 1. The molecule has 0 atom stereocenters. The summed E-state index contributed by atoms with van der Waals surface area (Å²) < 4.78 is 13.6. The van der Waals surface area contributed by atoms with Crippen LogP contribution in [-0.2, 0) is 13.0 Å². The van der Waals surface area contributed by atoms with Crippen molar-refractivity contribution in [1.29, 1.82) is 0 Å². The third-order valence-corrected chi connectivity index (χ3v) is 5.27. The summed E-state index contributed by atoms with van der Waals surface area (Å²) in [7, 11) is 0. The second-order valence-electron chi connectivity index (χ2n) is 6.55. The molecular formula is C22H18FN3OS. The Bertz CT molecular complexity index is 1140. The van der Waals surface area contributed by atoms with E-state index in [-0.39, 0.29) is 5.91 Å². The highest BCUT2D eigenvalue weighted by Crippen LogP contribution is 2.20. The van der Waals surface area contributed by atoms with Gasteiger partial charge in [-0.15, -0.1) is 11.3 Å². The molecule has 2 aromatic carbocycles. The van der Waals surface area contributed by atoms with Crippen molar-refractivity contribution in [2.75, 3.05) is 0 Å². The zero-order valence-corrected chi connectivity index (χ0v) is 16.1. The molecule has 1 amide bonds. The first-order chi connectivity index (χ1) is 13.6. The lowest BCUT2D eigenvalue weighted by atomic mass is 10.1. The second-order valence-corrected chi connectivity index (χ2v) is 7.49. The third kappa shape index (κ3) is 4.07. The van der Waals surface area contributed by atoms with Crippen LogP contribution >= 0.6 is 11.3 Å². The topological polar surface area (TPSA) is 54.9 Å². The van der Waals surface area contributed by atoms with Gasteiger partial charge in [0, 0.05) is 22.9 Å². The Morgan fingerprint density at radius 2 is 1.93 bits per heavy atom. The lowest BCUT2D eigenvalue weighted by Gasteiger charge is -2.08. The molecule has 0 aliphatic rings. The standard InChI is InChI=1S/C22H18FN3OS/c1-14-9-19(18-11-16(23)7-8-20(18)25-14)22(27)24-12-17-13-28-21(26-17)10-15-5-3-2-4-6-15/h2-9,11,13H,10,12H2,1H3,(H,24,27). The minimum atomic E-state index is -0.391. The molecule has 0 aliphatic carbocycles. The van der Waals surface area contributed by atoms with Gasteiger partial charge in [0.2, 0.25) is 0 Å². The normalized spacial score (nSPS) is 10.9. The number of hydrogen-bond donors (Lipinski definition) is 1. The molecule has 6 heteroatoms. The predicted molar refractivity (Wildman–Crippen MR) is 109 cm³/mol. The summed E-state index contributed by atoms with van der Waals surface area (Å²) >= 11 is 1.58. The van der Waals surface area contributed by atoms with Crippen LogP contribution in [0.25, 0.3) is 10.9 Å². The van der Waals surface area contributed by atoms with Crippen molar-refractivity contribution in [3.8, 4) is 0 Å². The maximum Gasteiger partial charge on any atom is 0.252 e. The minimum absolute atomic E-state index is 0.265. The fraction of sp³-hybridized carbons (Fsp3) is 0.136. The number of nitrogens with zero attached hydrogens (tertiary/aromatic N) is 2. The summed E-state index contributed by atoms with van der Waals surface area (Å²) in [4.78, 5) is 21.7. The van der Waals surface area contributed by atoms with E-state index in [9.17, 15) is 9.18 Å². The van der Waals surface area contributed by atoms with Crippen LogP contribution in [-0.4, -0.2) is 15.9 Å². The van der Waals surface area contributed by atoms with Gasteiger partial charge in [-0.2, -0.15) is 0 Å². The Balaban J connectivity index is 1.48. The molecule has 0 saturated carbocycles. The summed E-state index contributed by atoms with van der Waals surface area (Å²) in [5.74, 6) is -0.657. The molecule has 0 saturated heterocycles. The maximum absolute atomic E-state index is 13.6. The molecule has 2 aromatic heterocycles. The molecule has 0 radical (unpaired) electrons. The number of aryl methyl sites for hydroxylation is 1. The number of benzene rings is 2. The zero-order chi connectivity index (χ0) is 19.5. The van der Waals surface area contributed by atoms with Gasteiger partial charge in [-0.05, 0) is 36.8 Å². The number of carbonyl (C=O) groups is 1. The van der Waals surface area contributed by atoms with E-state index in [1.165, 1.54) is 17.7 Å². The fourth-order valence-corrected chi connectivity index (χ4v) is 3.89. The van der Waals surface area contributed by atoms with Crippen molar-refractivity contribution in [2.24, 2.45) is 0 Å². The maximum atomic E-state index is 13.6. The van der Waals surface area contributed by atoms with Crippen molar-refractivity contribution < 1.29 is 9.18 Å². The van der Waals surface area contributed by atoms with Crippen LogP contribution in [0.2, 0.25) is 0 Å². The summed E-state index contributed by atoms with van der Waals surface area (Å²) in [5, 5.41) is 6.35. The fourth-order valence-electron chi connectivity index (χ4n) is 3.07. The molecule has 4 nitrogen and oxygen atoms in total. The van der Waals surface area contributed by atoms with E-state index in [1.54, 1.807) is 23.5 Å². The number of carbonyl (C=O) groups excluding carboxylic acids is 1. The van der Waals surface area contributed by atoms with E-state index in [0.29, 0.717) is 28.7 Å². The Morgan fingerprint density at radius 3 is 2.75 bits per heavy atom. The largest absolute Gasteiger partial charge is 0.346 e. The van der Waals surface area contributed by atoms with Gasteiger partial charge < -0.3 is 5.32 Å². The smallest absolute Gasteiger partial charge is 0.252 e. The molecule has 28 heavy (non-hydrogen) atoms. The van der Waals surface area contributed by atoms with Gasteiger partial charge in [-0.3, -0.25) is 9.78 Å². The van der Waals surface area contributed by atoms with E-state index < -0.39 is 5.82 Å². The molecule has 4 aromatic rings. The molecule has 0 aliphatic heterocycles. The second kappa shape index (κ2) is 7.86.